The molecule has 0 saturated heterocycles. The average Bonchev–Trinajstić information content (AvgIpc) is 3.38. The van der Waals surface area contributed by atoms with Gasteiger partial charge in [-0.25, -0.2) is 0 Å². The molecule has 49 heavy (non-hydrogen) atoms. The molecule has 0 bridgehead atoms. The van der Waals surface area contributed by atoms with Crippen molar-refractivity contribution >= 4 is 28.4 Å². The van der Waals surface area contributed by atoms with Crippen LogP contribution in [-0.2, 0) is 5.41 Å². The molecule has 2 aliphatic carbocycles. The Labute approximate surface area is 290 Å². The predicted molar refractivity (Wildman–Crippen MR) is 206 cm³/mol. The van der Waals surface area contributed by atoms with Crippen LogP contribution < -0.4 is 9.80 Å². The third-order valence-corrected chi connectivity index (χ3v) is 9.72. The van der Waals surface area contributed by atoms with Gasteiger partial charge in [0.2, 0.25) is 0 Å². The van der Waals surface area contributed by atoms with Crippen LogP contribution in [0.25, 0.3) is 11.1 Å². The molecule has 0 atom stereocenters. The number of hydrogen-bond acceptors (Lipinski definition) is 2. The van der Waals surface area contributed by atoms with Crippen LogP contribution in [-0.4, -0.2) is 0 Å². The van der Waals surface area contributed by atoms with Crippen LogP contribution >= 0.6 is 0 Å². The number of para-hydroxylation sites is 3. The molecule has 2 aliphatic rings. The van der Waals surface area contributed by atoms with E-state index < -0.39 is 0 Å². The summed E-state index contributed by atoms with van der Waals surface area (Å²) in [7, 11) is 0. The second-order valence-corrected chi connectivity index (χ2v) is 13.2. The van der Waals surface area contributed by atoms with Crippen LogP contribution in [0.2, 0.25) is 0 Å². The van der Waals surface area contributed by atoms with E-state index >= 15 is 0 Å². The number of anilines is 5. The Hall–Kier alpha value is -6.04. The maximum atomic E-state index is 3.48. The Bertz CT molecular complexity index is 2190. The smallest absolute Gasteiger partial charge is 0.0462 e. The molecule has 0 saturated carbocycles. The van der Waals surface area contributed by atoms with Crippen molar-refractivity contribution in [3.63, 3.8) is 0 Å². The molecule has 0 fully saturated rings. The second-order valence-electron chi connectivity index (χ2n) is 13.2. The normalized spacial score (nSPS) is 13.8. The van der Waals surface area contributed by atoms with Crippen molar-refractivity contribution in [1.29, 1.82) is 0 Å². The first-order valence-corrected chi connectivity index (χ1v) is 17.1. The van der Waals surface area contributed by atoms with Gasteiger partial charge in [0.05, 0.1) is 0 Å². The largest absolute Gasteiger partial charge is 0.314 e. The van der Waals surface area contributed by atoms with Crippen LogP contribution in [0.15, 0.2) is 176 Å². The van der Waals surface area contributed by atoms with E-state index in [9.17, 15) is 0 Å². The van der Waals surface area contributed by atoms with Gasteiger partial charge in [0.1, 0.15) is 0 Å². The number of hydrogen-bond donors (Lipinski definition) is 0. The van der Waals surface area contributed by atoms with Crippen LogP contribution in [0.3, 0.4) is 0 Å². The van der Waals surface area contributed by atoms with Crippen molar-refractivity contribution in [2.24, 2.45) is 0 Å². The molecule has 0 N–H and O–H groups in total. The lowest BCUT2D eigenvalue weighted by molar-refractivity contribution is 0.660. The summed E-state index contributed by atoms with van der Waals surface area (Å²) in [4.78, 5) is 4.69. The third-order valence-electron chi connectivity index (χ3n) is 9.72. The van der Waals surface area contributed by atoms with Crippen molar-refractivity contribution in [1.82, 2.24) is 0 Å². The zero-order chi connectivity index (χ0) is 33.2. The van der Waals surface area contributed by atoms with E-state index in [1.54, 1.807) is 0 Å². The van der Waals surface area contributed by atoms with Gasteiger partial charge >= 0.3 is 0 Å². The van der Waals surface area contributed by atoms with E-state index in [-0.39, 0.29) is 5.41 Å². The second kappa shape index (κ2) is 12.9. The first-order chi connectivity index (χ1) is 24.1. The lowest BCUT2D eigenvalue weighted by atomic mass is 9.81. The predicted octanol–water partition coefficient (Wildman–Crippen LogP) is 12.2. The number of allylic oxidation sites excluding steroid dienone is 4. The molecule has 0 amide bonds. The van der Waals surface area contributed by atoms with E-state index in [2.05, 4.69) is 205 Å². The van der Waals surface area contributed by atoms with Crippen molar-refractivity contribution in [2.75, 3.05) is 9.80 Å². The molecule has 2 heteroatoms. The van der Waals surface area contributed by atoms with E-state index in [1.807, 2.05) is 0 Å². The highest BCUT2D eigenvalue weighted by Gasteiger charge is 2.36. The molecule has 2 nitrogen and oxygen atoms in total. The zero-order valence-electron chi connectivity index (χ0n) is 28.0. The quantitative estimate of drug-likeness (QED) is 0.169. The number of rotatable bonds is 6. The lowest BCUT2D eigenvalue weighted by Gasteiger charge is -2.30. The van der Waals surface area contributed by atoms with Crippen molar-refractivity contribution in [3.8, 4) is 23.0 Å². The molecule has 236 valence electrons. The maximum absolute atomic E-state index is 3.48. The number of fused-ring (bicyclic) bond motifs is 3. The molecular weight excluding hydrogens is 593 g/mol. The molecule has 6 aromatic rings. The Balaban J connectivity index is 1.08. The number of benzene rings is 6. The zero-order valence-corrected chi connectivity index (χ0v) is 28.0. The fraction of sp³-hybridized carbons (Fsp3) is 0.106. The van der Waals surface area contributed by atoms with E-state index in [0.29, 0.717) is 0 Å². The first-order valence-electron chi connectivity index (χ1n) is 17.1. The van der Waals surface area contributed by atoms with Crippen LogP contribution in [0, 0.1) is 11.8 Å². The minimum Gasteiger partial charge on any atom is -0.314 e. The van der Waals surface area contributed by atoms with Crippen molar-refractivity contribution < 1.29 is 0 Å². The van der Waals surface area contributed by atoms with Gasteiger partial charge in [-0.1, -0.05) is 105 Å². The third kappa shape index (κ3) is 5.86. The molecule has 6 aromatic carbocycles. The van der Waals surface area contributed by atoms with Gasteiger partial charge in [-0.05, 0) is 126 Å². The summed E-state index contributed by atoms with van der Waals surface area (Å²) in [6.45, 7) is 4.69. The standard InChI is InChI=1S/C47H38N2/c1-47(2)45-33-36(24-23-35-25-28-41(29-26-35)48(37-15-7-3-8-16-37)38-17-9-4-10-18-38)27-31-43(45)44-32-30-42(34-46(44)47)49(39-19-11-5-12-20-39)40-21-13-6-14-22-40/h3-13,15-21,25-34H,14,22H2,1-2H3. The molecule has 0 heterocycles. The van der Waals surface area contributed by atoms with Crippen molar-refractivity contribution in [3.05, 3.63) is 198 Å². The summed E-state index contributed by atoms with van der Waals surface area (Å²) in [6, 6.07) is 54.0. The van der Waals surface area contributed by atoms with Gasteiger partial charge in [0, 0.05) is 50.7 Å². The fourth-order valence-electron chi connectivity index (χ4n) is 7.22. The Kier molecular flexibility index (Phi) is 7.96. The molecule has 0 spiro atoms. The van der Waals surface area contributed by atoms with E-state index in [1.165, 1.54) is 39.3 Å². The maximum Gasteiger partial charge on any atom is 0.0462 e. The summed E-state index contributed by atoms with van der Waals surface area (Å²) in [5.41, 5.74) is 14.2. The summed E-state index contributed by atoms with van der Waals surface area (Å²) < 4.78 is 0. The van der Waals surface area contributed by atoms with Gasteiger partial charge in [0.25, 0.3) is 0 Å². The Morgan fingerprint density at radius 1 is 0.490 bits per heavy atom. The molecule has 0 aromatic heterocycles. The highest BCUT2D eigenvalue weighted by Crippen LogP contribution is 2.50. The minimum atomic E-state index is -0.151. The van der Waals surface area contributed by atoms with Gasteiger partial charge in [-0.15, -0.1) is 0 Å². The SMILES string of the molecule is CC1(C)c2cc(C#Cc3ccc(N(c4ccccc4)c4ccccc4)cc3)ccc2-c2ccc(N(C3=CC=CCC3)c3ccccc3)cc21. The molecule has 0 aliphatic heterocycles. The van der Waals surface area contributed by atoms with E-state index in [0.717, 1.165) is 41.0 Å². The first kappa shape index (κ1) is 30.3. The monoisotopic (exact) mass is 630 g/mol. The highest BCUT2D eigenvalue weighted by molar-refractivity contribution is 5.84. The van der Waals surface area contributed by atoms with Gasteiger partial charge in [-0.3, -0.25) is 0 Å². The number of nitrogens with zero attached hydrogens (tertiary/aromatic N) is 2. The molecular formula is C47H38N2. The van der Waals surface area contributed by atoms with Gasteiger partial charge in [0.15, 0.2) is 0 Å². The van der Waals surface area contributed by atoms with Crippen LogP contribution in [0.5, 0.6) is 0 Å². The average molecular weight is 631 g/mol. The molecule has 8 rings (SSSR count). The van der Waals surface area contributed by atoms with E-state index in [4.69, 9.17) is 0 Å². The van der Waals surface area contributed by atoms with Gasteiger partial charge < -0.3 is 9.80 Å². The van der Waals surface area contributed by atoms with Gasteiger partial charge in [-0.2, -0.15) is 0 Å². The molecule has 0 unspecified atom stereocenters. The Morgan fingerprint density at radius 3 is 1.57 bits per heavy atom. The fourth-order valence-corrected chi connectivity index (χ4v) is 7.22. The highest BCUT2D eigenvalue weighted by atomic mass is 15.2. The summed E-state index contributed by atoms with van der Waals surface area (Å²) in [5.74, 6) is 6.91. The van der Waals surface area contributed by atoms with Crippen LogP contribution in [0.4, 0.5) is 28.4 Å². The summed E-state index contributed by atoms with van der Waals surface area (Å²) in [6.07, 6.45) is 8.77. The topological polar surface area (TPSA) is 6.48 Å². The minimum absolute atomic E-state index is 0.151. The lowest BCUT2D eigenvalue weighted by Crippen LogP contribution is -2.19. The Morgan fingerprint density at radius 2 is 0.980 bits per heavy atom. The summed E-state index contributed by atoms with van der Waals surface area (Å²) in [5, 5.41) is 0. The summed E-state index contributed by atoms with van der Waals surface area (Å²) >= 11 is 0. The molecule has 0 radical (unpaired) electrons. The van der Waals surface area contributed by atoms with Crippen molar-refractivity contribution in [2.45, 2.75) is 32.1 Å². The van der Waals surface area contributed by atoms with Crippen LogP contribution in [0.1, 0.15) is 48.9 Å².